The second kappa shape index (κ2) is 17.6. The lowest BCUT2D eigenvalue weighted by atomic mass is 10.0. The molecule has 0 aromatic heterocycles. The fraction of sp³-hybridized carbons (Fsp3) is 0.769. The highest BCUT2D eigenvalue weighted by atomic mass is 35.5. The maximum atomic E-state index is 6.54. The number of unbranched alkanes of at least 4 members (excludes halogenated alkanes) is 15. The lowest BCUT2D eigenvalue weighted by Crippen LogP contribution is -1.91. The van der Waals surface area contributed by atoms with E-state index in [1.54, 1.807) is 0 Å². The molecule has 0 aliphatic carbocycles. The van der Waals surface area contributed by atoms with E-state index < -0.39 is 0 Å². The zero-order chi connectivity index (χ0) is 19.6. The van der Waals surface area contributed by atoms with Gasteiger partial charge in [0.05, 0.1) is 5.38 Å². The largest absolute Gasteiger partial charge is 0.118 e. The molecule has 0 N–H and O–H groups in total. The predicted octanol–water partition coefficient (Wildman–Crippen LogP) is 9.93. The lowest BCUT2D eigenvalue weighted by Gasteiger charge is -2.10. The van der Waals surface area contributed by atoms with Crippen LogP contribution in [-0.2, 0) is 0 Å². The molecule has 27 heavy (non-hydrogen) atoms. The van der Waals surface area contributed by atoms with Gasteiger partial charge in [-0.25, -0.2) is 0 Å². The third-order valence-corrected chi connectivity index (χ3v) is 6.19. The van der Waals surface area contributed by atoms with Gasteiger partial charge in [-0.15, -0.1) is 11.6 Å². The molecule has 156 valence electrons. The summed E-state index contributed by atoms with van der Waals surface area (Å²) in [6.45, 7) is 4.43. The molecule has 0 radical (unpaired) electrons. The minimum absolute atomic E-state index is 0.191. The molecule has 0 saturated heterocycles. The van der Waals surface area contributed by atoms with Crippen molar-refractivity contribution in [2.45, 2.75) is 128 Å². The fourth-order valence-electron chi connectivity index (χ4n) is 3.90. The van der Waals surface area contributed by atoms with Crippen molar-refractivity contribution in [1.82, 2.24) is 0 Å². The first-order valence-corrected chi connectivity index (χ1v) is 12.4. The summed E-state index contributed by atoms with van der Waals surface area (Å²) in [5.74, 6) is 0. The van der Waals surface area contributed by atoms with Crippen LogP contribution >= 0.6 is 11.6 Å². The molecule has 0 spiro atoms. The second-order valence-corrected chi connectivity index (χ2v) is 9.00. The number of halogens is 1. The Balaban J connectivity index is 1.80. The van der Waals surface area contributed by atoms with E-state index in [0.29, 0.717) is 0 Å². The normalized spacial score (nSPS) is 12.4. The molecule has 0 saturated carbocycles. The van der Waals surface area contributed by atoms with Crippen LogP contribution in [0, 0.1) is 6.92 Å². The lowest BCUT2D eigenvalue weighted by molar-refractivity contribution is 0.526. The highest BCUT2D eigenvalue weighted by Gasteiger charge is 2.07. The van der Waals surface area contributed by atoms with Crippen LogP contribution in [-0.4, -0.2) is 0 Å². The maximum absolute atomic E-state index is 6.54. The average molecular weight is 393 g/mol. The Morgan fingerprint density at radius 1 is 0.667 bits per heavy atom. The van der Waals surface area contributed by atoms with Gasteiger partial charge in [-0.3, -0.25) is 0 Å². The van der Waals surface area contributed by atoms with E-state index in [0.717, 1.165) is 6.42 Å². The fourth-order valence-corrected chi connectivity index (χ4v) is 4.19. The van der Waals surface area contributed by atoms with E-state index in [1.807, 2.05) is 0 Å². The number of benzene rings is 1. The van der Waals surface area contributed by atoms with Crippen molar-refractivity contribution in [1.29, 1.82) is 0 Å². The Kier molecular flexibility index (Phi) is 16.0. The molecule has 0 fully saturated rings. The number of aryl methyl sites for hydroxylation is 1. The molecule has 0 nitrogen and oxygen atoms in total. The van der Waals surface area contributed by atoms with Crippen LogP contribution in [0.4, 0.5) is 0 Å². The second-order valence-electron chi connectivity index (χ2n) is 8.47. The minimum atomic E-state index is 0.191. The quantitative estimate of drug-likeness (QED) is 0.172. The molecular formula is C26H45Cl. The summed E-state index contributed by atoms with van der Waals surface area (Å²) in [6.07, 6.45) is 23.9. The SMILES string of the molecule is CCCCCCCCCCCCCCCCCCC(Cl)c1cccc(C)c1. The Labute approximate surface area is 175 Å². The summed E-state index contributed by atoms with van der Waals surface area (Å²) in [4.78, 5) is 0. The molecule has 0 amide bonds. The Hall–Kier alpha value is -0.490. The van der Waals surface area contributed by atoms with E-state index in [2.05, 4.69) is 38.1 Å². The van der Waals surface area contributed by atoms with Gasteiger partial charge >= 0.3 is 0 Å². The van der Waals surface area contributed by atoms with Gasteiger partial charge in [-0.1, -0.05) is 139 Å². The van der Waals surface area contributed by atoms with E-state index in [1.165, 1.54) is 114 Å². The molecule has 0 bridgehead atoms. The molecule has 1 aromatic carbocycles. The highest BCUT2D eigenvalue weighted by molar-refractivity contribution is 6.20. The summed E-state index contributed by atoms with van der Waals surface area (Å²) in [5, 5.41) is 0.191. The Morgan fingerprint density at radius 2 is 1.11 bits per heavy atom. The van der Waals surface area contributed by atoms with Crippen molar-refractivity contribution in [3.05, 3.63) is 35.4 Å². The van der Waals surface area contributed by atoms with Gasteiger partial charge in [-0.05, 0) is 18.9 Å². The van der Waals surface area contributed by atoms with Gasteiger partial charge in [0.25, 0.3) is 0 Å². The molecule has 1 unspecified atom stereocenters. The van der Waals surface area contributed by atoms with Crippen molar-refractivity contribution < 1.29 is 0 Å². The molecule has 0 aliphatic rings. The predicted molar refractivity (Wildman–Crippen MR) is 124 cm³/mol. The van der Waals surface area contributed by atoms with Gasteiger partial charge in [0.1, 0.15) is 0 Å². The standard InChI is InChI=1S/C26H45Cl/c1-3-4-5-6-7-8-9-10-11-12-13-14-15-16-17-18-22-26(27)25-21-19-20-24(2)23-25/h19-21,23,26H,3-18,22H2,1-2H3. The van der Waals surface area contributed by atoms with Crippen molar-refractivity contribution in [3.63, 3.8) is 0 Å². The first-order valence-electron chi connectivity index (χ1n) is 11.9. The van der Waals surface area contributed by atoms with Gasteiger partial charge in [0, 0.05) is 0 Å². The number of alkyl halides is 1. The summed E-state index contributed by atoms with van der Waals surface area (Å²) in [5.41, 5.74) is 2.60. The molecule has 0 heterocycles. The van der Waals surface area contributed by atoms with Gasteiger partial charge < -0.3 is 0 Å². The zero-order valence-corrected chi connectivity index (χ0v) is 19.0. The first-order chi connectivity index (χ1) is 13.2. The first kappa shape index (κ1) is 24.5. The summed E-state index contributed by atoms with van der Waals surface area (Å²) in [6, 6.07) is 8.65. The summed E-state index contributed by atoms with van der Waals surface area (Å²) in [7, 11) is 0. The van der Waals surface area contributed by atoms with Crippen LogP contribution in [0.2, 0.25) is 0 Å². The van der Waals surface area contributed by atoms with Gasteiger partial charge in [0.15, 0.2) is 0 Å². The third-order valence-electron chi connectivity index (χ3n) is 5.71. The third kappa shape index (κ3) is 14.2. The molecule has 1 rings (SSSR count). The smallest absolute Gasteiger partial charge is 0.0585 e. The Bertz CT molecular complexity index is 440. The van der Waals surface area contributed by atoms with Crippen LogP contribution in [0.3, 0.4) is 0 Å². The molecule has 1 aromatic rings. The van der Waals surface area contributed by atoms with E-state index >= 15 is 0 Å². The minimum Gasteiger partial charge on any atom is -0.118 e. The van der Waals surface area contributed by atoms with E-state index in [9.17, 15) is 0 Å². The number of rotatable bonds is 18. The Morgan fingerprint density at radius 3 is 1.56 bits per heavy atom. The number of hydrogen-bond acceptors (Lipinski definition) is 0. The molecule has 1 atom stereocenters. The average Bonchev–Trinajstić information content (AvgIpc) is 2.67. The maximum Gasteiger partial charge on any atom is 0.0585 e. The van der Waals surface area contributed by atoms with Crippen LogP contribution < -0.4 is 0 Å². The van der Waals surface area contributed by atoms with Crippen molar-refractivity contribution in [2.75, 3.05) is 0 Å². The van der Waals surface area contributed by atoms with Crippen molar-refractivity contribution >= 4 is 11.6 Å². The van der Waals surface area contributed by atoms with E-state index in [-0.39, 0.29) is 5.38 Å². The zero-order valence-electron chi connectivity index (χ0n) is 18.3. The van der Waals surface area contributed by atoms with E-state index in [4.69, 9.17) is 11.6 Å². The monoisotopic (exact) mass is 392 g/mol. The molecule has 1 heteroatoms. The van der Waals surface area contributed by atoms with Gasteiger partial charge in [0.2, 0.25) is 0 Å². The highest BCUT2D eigenvalue weighted by Crippen LogP contribution is 2.27. The van der Waals surface area contributed by atoms with Crippen LogP contribution in [0.5, 0.6) is 0 Å². The summed E-state index contributed by atoms with van der Waals surface area (Å²) < 4.78 is 0. The van der Waals surface area contributed by atoms with Crippen molar-refractivity contribution in [3.8, 4) is 0 Å². The molecular weight excluding hydrogens is 348 g/mol. The van der Waals surface area contributed by atoms with Crippen LogP contribution in [0.25, 0.3) is 0 Å². The number of hydrogen-bond donors (Lipinski definition) is 0. The van der Waals surface area contributed by atoms with Gasteiger partial charge in [-0.2, -0.15) is 0 Å². The molecule has 0 aliphatic heterocycles. The van der Waals surface area contributed by atoms with Crippen LogP contribution in [0.15, 0.2) is 24.3 Å². The topological polar surface area (TPSA) is 0 Å². The summed E-state index contributed by atoms with van der Waals surface area (Å²) >= 11 is 6.54. The van der Waals surface area contributed by atoms with Crippen molar-refractivity contribution in [2.24, 2.45) is 0 Å². The van der Waals surface area contributed by atoms with Crippen LogP contribution in [0.1, 0.15) is 133 Å².